The monoisotopic (exact) mass is 476 g/mol. The van der Waals surface area contributed by atoms with E-state index in [0.29, 0.717) is 32.8 Å². The molecule has 184 valence electrons. The first kappa shape index (κ1) is 25.7. The summed E-state index contributed by atoms with van der Waals surface area (Å²) in [6.07, 6.45) is 10.1. The van der Waals surface area contributed by atoms with Gasteiger partial charge in [0.05, 0.1) is 24.7 Å². The standard InChI is InChI=1S/C24H40N6O2S/c1-4-7-8-18-9-11-19(12-10-18)23(31)26-13-15-30-22-20(17-27-30)21(25-14-16-32-5-2)28-24(29-22)33-6-3/h17-19H,4-16H2,1-3H3,(H,26,31)(H,25,28,29). The second-order valence-electron chi connectivity index (χ2n) is 8.67. The molecule has 0 aliphatic heterocycles. The summed E-state index contributed by atoms with van der Waals surface area (Å²) in [5.74, 6) is 2.85. The Labute approximate surface area is 202 Å². The van der Waals surface area contributed by atoms with Crippen LogP contribution in [0.25, 0.3) is 11.0 Å². The zero-order valence-corrected chi connectivity index (χ0v) is 21.3. The largest absolute Gasteiger partial charge is 0.380 e. The smallest absolute Gasteiger partial charge is 0.223 e. The number of nitrogens with one attached hydrogen (secondary N) is 2. The van der Waals surface area contributed by atoms with E-state index in [2.05, 4.69) is 34.6 Å². The Balaban J connectivity index is 1.55. The molecule has 33 heavy (non-hydrogen) atoms. The second kappa shape index (κ2) is 13.7. The Bertz CT molecular complexity index is 866. The molecule has 2 aromatic rings. The molecular formula is C24H40N6O2S. The molecule has 2 aromatic heterocycles. The fourth-order valence-corrected chi connectivity index (χ4v) is 5.01. The lowest BCUT2D eigenvalue weighted by atomic mass is 9.79. The van der Waals surface area contributed by atoms with Gasteiger partial charge < -0.3 is 15.4 Å². The highest BCUT2D eigenvalue weighted by atomic mass is 32.2. The number of ether oxygens (including phenoxy) is 1. The number of carbonyl (C=O) groups is 1. The quantitative estimate of drug-likeness (QED) is 0.235. The third-order valence-corrected chi connectivity index (χ3v) is 7.03. The lowest BCUT2D eigenvalue weighted by Gasteiger charge is -2.27. The van der Waals surface area contributed by atoms with Gasteiger partial charge in [-0.1, -0.05) is 44.9 Å². The third kappa shape index (κ3) is 7.57. The molecule has 1 fully saturated rings. The molecule has 2 N–H and O–H groups in total. The molecule has 0 aromatic carbocycles. The first-order chi connectivity index (χ1) is 16.2. The van der Waals surface area contributed by atoms with E-state index >= 15 is 0 Å². The van der Waals surface area contributed by atoms with E-state index in [1.165, 1.54) is 32.1 Å². The lowest BCUT2D eigenvalue weighted by molar-refractivity contribution is -0.126. The van der Waals surface area contributed by atoms with E-state index in [0.717, 1.165) is 46.5 Å². The highest BCUT2D eigenvalue weighted by Crippen LogP contribution is 2.32. The van der Waals surface area contributed by atoms with Crippen LogP contribution in [0, 0.1) is 11.8 Å². The van der Waals surface area contributed by atoms with Gasteiger partial charge in [0.1, 0.15) is 5.82 Å². The SMILES string of the molecule is CCCCC1CCC(C(=O)NCCn2ncc3c(NCCOCC)nc(SCC)nc32)CC1. The predicted molar refractivity (Wildman–Crippen MR) is 135 cm³/mol. The van der Waals surface area contributed by atoms with Crippen molar-refractivity contribution in [1.29, 1.82) is 0 Å². The van der Waals surface area contributed by atoms with Gasteiger partial charge in [-0.15, -0.1) is 0 Å². The van der Waals surface area contributed by atoms with Crippen molar-refractivity contribution in [3.05, 3.63) is 6.20 Å². The number of thioether (sulfide) groups is 1. The van der Waals surface area contributed by atoms with E-state index in [1.54, 1.807) is 18.0 Å². The number of fused-ring (bicyclic) bond motifs is 1. The van der Waals surface area contributed by atoms with Crippen LogP contribution >= 0.6 is 11.8 Å². The van der Waals surface area contributed by atoms with Gasteiger partial charge in [0.15, 0.2) is 10.8 Å². The Morgan fingerprint density at radius 1 is 1.18 bits per heavy atom. The molecule has 1 aliphatic carbocycles. The van der Waals surface area contributed by atoms with Crippen LogP contribution in [0.5, 0.6) is 0 Å². The van der Waals surface area contributed by atoms with Gasteiger partial charge in [0.2, 0.25) is 5.91 Å². The summed E-state index contributed by atoms with van der Waals surface area (Å²) in [6, 6.07) is 0. The molecule has 3 rings (SSSR count). The zero-order valence-electron chi connectivity index (χ0n) is 20.4. The van der Waals surface area contributed by atoms with E-state index in [-0.39, 0.29) is 11.8 Å². The summed E-state index contributed by atoms with van der Waals surface area (Å²) in [7, 11) is 0. The zero-order chi connectivity index (χ0) is 23.5. The number of unbranched alkanes of at least 4 members (excludes halogenated alkanes) is 1. The number of hydrogen-bond donors (Lipinski definition) is 2. The molecule has 8 nitrogen and oxygen atoms in total. The minimum absolute atomic E-state index is 0.160. The van der Waals surface area contributed by atoms with Crippen LogP contribution in [-0.4, -0.2) is 57.7 Å². The van der Waals surface area contributed by atoms with Crippen molar-refractivity contribution < 1.29 is 9.53 Å². The second-order valence-corrected chi connectivity index (χ2v) is 9.90. The van der Waals surface area contributed by atoms with Crippen molar-refractivity contribution in [2.24, 2.45) is 11.8 Å². The summed E-state index contributed by atoms with van der Waals surface area (Å²) in [5.41, 5.74) is 0.797. The molecule has 0 unspecified atom stereocenters. The van der Waals surface area contributed by atoms with Crippen LogP contribution < -0.4 is 10.6 Å². The first-order valence-corrected chi connectivity index (χ1v) is 13.6. The van der Waals surface area contributed by atoms with Gasteiger partial charge in [0, 0.05) is 25.6 Å². The minimum Gasteiger partial charge on any atom is -0.380 e. The fourth-order valence-electron chi connectivity index (χ4n) is 4.45. The average Bonchev–Trinajstić information content (AvgIpc) is 3.24. The van der Waals surface area contributed by atoms with Gasteiger partial charge in [-0.3, -0.25) is 4.79 Å². The van der Waals surface area contributed by atoms with Gasteiger partial charge in [-0.2, -0.15) is 5.10 Å². The average molecular weight is 477 g/mol. The van der Waals surface area contributed by atoms with Crippen LogP contribution in [0.4, 0.5) is 5.82 Å². The molecule has 0 saturated heterocycles. The van der Waals surface area contributed by atoms with E-state index < -0.39 is 0 Å². The molecule has 9 heteroatoms. The van der Waals surface area contributed by atoms with Gasteiger partial charge in [0.25, 0.3) is 0 Å². The number of aromatic nitrogens is 4. The number of rotatable bonds is 14. The van der Waals surface area contributed by atoms with Crippen LogP contribution in [0.2, 0.25) is 0 Å². The van der Waals surface area contributed by atoms with E-state index in [9.17, 15) is 4.79 Å². The Morgan fingerprint density at radius 3 is 2.73 bits per heavy atom. The van der Waals surface area contributed by atoms with Crippen molar-refractivity contribution in [3.63, 3.8) is 0 Å². The molecule has 1 aliphatic rings. The molecule has 0 spiro atoms. The van der Waals surface area contributed by atoms with Crippen molar-refractivity contribution in [3.8, 4) is 0 Å². The third-order valence-electron chi connectivity index (χ3n) is 6.30. The highest BCUT2D eigenvalue weighted by molar-refractivity contribution is 7.99. The summed E-state index contributed by atoms with van der Waals surface area (Å²) < 4.78 is 7.29. The van der Waals surface area contributed by atoms with Gasteiger partial charge in [-0.25, -0.2) is 14.6 Å². The molecule has 0 atom stereocenters. The van der Waals surface area contributed by atoms with Crippen LogP contribution in [-0.2, 0) is 16.1 Å². The molecule has 1 amide bonds. The summed E-state index contributed by atoms with van der Waals surface area (Å²) >= 11 is 1.61. The summed E-state index contributed by atoms with van der Waals surface area (Å²) in [5, 5.41) is 12.6. The maximum Gasteiger partial charge on any atom is 0.223 e. The highest BCUT2D eigenvalue weighted by Gasteiger charge is 2.25. The normalized spacial score (nSPS) is 18.5. The van der Waals surface area contributed by atoms with E-state index in [4.69, 9.17) is 9.72 Å². The number of amides is 1. The van der Waals surface area contributed by atoms with Crippen molar-refractivity contribution >= 4 is 34.5 Å². The summed E-state index contributed by atoms with van der Waals surface area (Å²) in [6.45, 7) is 9.46. The number of hydrogen-bond acceptors (Lipinski definition) is 7. The summed E-state index contributed by atoms with van der Waals surface area (Å²) in [4.78, 5) is 22.1. The van der Waals surface area contributed by atoms with Crippen LogP contribution in [0.1, 0.15) is 65.7 Å². The van der Waals surface area contributed by atoms with Gasteiger partial charge >= 0.3 is 0 Å². The molecule has 0 radical (unpaired) electrons. The van der Waals surface area contributed by atoms with Crippen LogP contribution in [0.15, 0.2) is 11.4 Å². The van der Waals surface area contributed by atoms with Crippen LogP contribution in [0.3, 0.4) is 0 Å². The van der Waals surface area contributed by atoms with Crippen molar-refractivity contribution in [2.45, 2.75) is 77.4 Å². The van der Waals surface area contributed by atoms with E-state index in [1.807, 2.05) is 11.6 Å². The number of carbonyl (C=O) groups excluding carboxylic acids is 1. The predicted octanol–water partition coefficient (Wildman–Crippen LogP) is 4.50. The molecule has 0 bridgehead atoms. The maximum atomic E-state index is 12.7. The van der Waals surface area contributed by atoms with Gasteiger partial charge in [-0.05, 0) is 44.3 Å². The first-order valence-electron chi connectivity index (χ1n) is 12.6. The molecule has 2 heterocycles. The molecule has 1 saturated carbocycles. The maximum absolute atomic E-state index is 12.7. The Morgan fingerprint density at radius 2 is 2.00 bits per heavy atom. The Hall–Kier alpha value is -1.87. The number of anilines is 1. The Kier molecular flexibility index (Phi) is 10.7. The number of nitrogens with zero attached hydrogens (tertiary/aromatic N) is 4. The van der Waals surface area contributed by atoms with Crippen molar-refractivity contribution in [1.82, 2.24) is 25.1 Å². The van der Waals surface area contributed by atoms with Crippen molar-refractivity contribution in [2.75, 3.05) is 37.4 Å². The topological polar surface area (TPSA) is 94.0 Å². The fraction of sp³-hybridized carbons (Fsp3) is 0.750. The molecular weight excluding hydrogens is 436 g/mol. The minimum atomic E-state index is 0.160. The lowest BCUT2D eigenvalue weighted by Crippen LogP contribution is -2.35.